The van der Waals surface area contributed by atoms with Crippen molar-refractivity contribution in [3.05, 3.63) is 65.2 Å². The third-order valence-electron chi connectivity index (χ3n) is 5.54. The molecule has 1 fully saturated rings. The predicted molar refractivity (Wildman–Crippen MR) is 123 cm³/mol. The Balaban J connectivity index is 1.64. The van der Waals surface area contributed by atoms with Gasteiger partial charge in [-0.2, -0.15) is 0 Å². The van der Waals surface area contributed by atoms with Gasteiger partial charge < -0.3 is 24.8 Å². The number of benzene rings is 2. The normalized spacial score (nSPS) is 16.0. The van der Waals surface area contributed by atoms with Crippen molar-refractivity contribution in [1.29, 1.82) is 0 Å². The fourth-order valence-corrected chi connectivity index (χ4v) is 3.79. The molecule has 1 aliphatic rings. The molecule has 7 nitrogen and oxygen atoms in total. The Labute approximate surface area is 185 Å². The Kier molecular flexibility index (Phi) is 9.15. The topological polar surface area (TPSA) is 67.4 Å². The maximum atomic E-state index is 5.56. The van der Waals surface area contributed by atoms with Gasteiger partial charge in [0.25, 0.3) is 0 Å². The van der Waals surface area contributed by atoms with Gasteiger partial charge >= 0.3 is 0 Å². The lowest BCUT2D eigenvalue weighted by Gasteiger charge is -2.35. The third kappa shape index (κ3) is 6.69. The molecule has 7 heteroatoms. The van der Waals surface area contributed by atoms with Gasteiger partial charge in [-0.25, -0.2) is 0 Å². The highest BCUT2D eigenvalue weighted by Gasteiger charge is 2.23. The second-order valence-corrected chi connectivity index (χ2v) is 7.45. The minimum atomic E-state index is 0.217. The van der Waals surface area contributed by atoms with Crippen LogP contribution in [-0.2, 0) is 22.6 Å². The number of guanidine groups is 1. The van der Waals surface area contributed by atoms with Gasteiger partial charge in [-0.1, -0.05) is 36.4 Å². The first-order chi connectivity index (χ1) is 15.2. The molecule has 2 N–H and O–H groups in total. The first-order valence-corrected chi connectivity index (χ1v) is 10.7. The molecular weight excluding hydrogens is 392 g/mol. The molecule has 0 saturated carbocycles. The molecule has 1 heterocycles. The van der Waals surface area contributed by atoms with Crippen LogP contribution in [0.2, 0.25) is 0 Å². The summed E-state index contributed by atoms with van der Waals surface area (Å²) in [6, 6.07) is 16.8. The number of morpholine rings is 1. The average molecular weight is 427 g/mol. The molecule has 31 heavy (non-hydrogen) atoms. The summed E-state index contributed by atoms with van der Waals surface area (Å²) in [5, 5.41) is 6.94. The molecule has 0 bridgehead atoms. The van der Waals surface area contributed by atoms with E-state index < -0.39 is 0 Å². The van der Waals surface area contributed by atoms with E-state index in [-0.39, 0.29) is 6.04 Å². The fraction of sp³-hybridized carbons (Fsp3) is 0.458. The van der Waals surface area contributed by atoms with Crippen molar-refractivity contribution in [3.8, 4) is 5.75 Å². The van der Waals surface area contributed by atoms with Crippen molar-refractivity contribution in [2.24, 2.45) is 4.99 Å². The van der Waals surface area contributed by atoms with E-state index in [9.17, 15) is 0 Å². The lowest BCUT2D eigenvalue weighted by molar-refractivity contribution is 0.0170. The standard InChI is InChI=1S/C24H34N4O3/c1-25-24(26-16-20-6-4-5-7-21(20)18-29-2)27-17-23(28-12-14-31-15-13-28)19-8-10-22(30-3)11-9-19/h4-11,23H,12-18H2,1-3H3,(H2,25,26,27). The lowest BCUT2D eigenvalue weighted by Crippen LogP contribution is -2.46. The number of aliphatic imine (C=N–C) groups is 1. The SMILES string of the molecule is CN=C(NCc1ccccc1COC)NCC(c1ccc(OC)cc1)N1CCOCC1. The molecule has 1 atom stereocenters. The van der Waals surface area contributed by atoms with Gasteiger partial charge in [-0.05, 0) is 28.8 Å². The van der Waals surface area contributed by atoms with Crippen LogP contribution in [0.25, 0.3) is 0 Å². The molecule has 2 aromatic rings. The molecule has 168 valence electrons. The first kappa shape index (κ1) is 23.1. The van der Waals surface area contributed by atoms with E-state index in [1.54, 1.807) is 21.3 Å². The number of nitrogens with one attached hydrogen (secondary N) is 2. The van der Waals surface area contributed by atoms with Crippen LogP contribution < -0.4 is 15.4 Å². The van der Waals surface area contributed by atoms with Crippen LogP contribution in [0.5, 0.6) is 5.75 Å². The first-order valence-electron chi connectivity index (χ1n) is 10.7. The summed E-state index contributed by atoms with van der Waals surface area (Å²) in [5.41, 5.74) is 3.63. The number of hydrogen-bond acceptors (Lipinski definition) is 5. The molecule has 3 rings (SSSR count). The fourth-order valence-electron chi connectivity index (χ4n) is 3.79. The van der Waals surface area contributed by atoms with Gasteiger partial charge in [-0.15, -0.1) is 0 Å². The zero-order valence-electron chi connectivity index (χ0n) is 18.8. The number of methoxy groups -OCH3 is 2. The highest BCUT2D eigenvalue weighted by Crippen LogP contribution is 2.23. The van der Waals surface area contributed by atoms with Gasteiger partial charge in [0.2, 0.25) is 0 Å². The van der Waals surface area contributed by atoms with E-state index in [1.807, 2.05) is 24.3 Å². The van der Waals surface area contributed by atoms with E-state index in [1.165, 1.54) is 16.7 Å². The van der Waals surface area contributed by atoms with Crippen LogP contribution in [-0.4, -0.2) is 65.0 Å². The van der Waals surface area contributed by atoms with Gasteiger partial charge in [-0.3, -0.25) is 9.89 Å². The monoisotopic (exact) mass is 426 g/mol. The van der Waals surface area contributed by atoms with Crippen molar-refractivity contribution in [3.63, 3.8) is 0 Å². The Hall–Kier alpha value is -2.61. The summed E-state index contributed by atoms with van der Waals surface area (Å²) in [6.45, 7) is 5.37. The summed E-state index contributed by atoms with van der Waals surface area (Å²) in [5.74, 6) is 1.64. The van der Waals surface area contributed by atoms with Crippen LogP contribution in [0.1, 0.15) is 22.7 Å². The van der Waals surface area contributed by atoms with Crippen molar-refractivity contribution in [2.45, 2.75) is 19.2 Å². The Morgan fingerprint density at radius 2 is 1.74 bits per heavy atom. The molecule has 1 saturated heterocycles. The molecule has 1 aliphatic heterocycles. The van der Waals surface area contributed by atoms with Gasteiger partial charge in [0, 0.05) is 40.3 Å². The second-order valence-electron chi connectivity index (χ2n) is 7.45. The Morgan fingerprint density at radius 1 is 1.03 bits per heavy atom. The highest BCUT2D eigenvalue weighted by atomic mass is 16.5. The summed E-state index contributed by atoms with van der Waals surface area (Å²) in [4.78, 5) is 6.87. The van der Waals surface area contributed by atoms with Crippen molar-refractivity contribution >= 4 is 5.96 Å². The van der Waals surface area contributed by atoms with Gasteiger partial charge in [0.05, 0.1) is 33.0 Å². The smallest absolute Gasteiger partial charge is 0.191 e. The Morgan fingerprint density at radius 3 is 2.39 bits per heavy atom. The molecule has 1 unspecified atom stereocenters. The van der Waals surface area contributed by atoms with E-state index in [0.29, 0.717) is 13.2 Å². The van der Waals surface area contributed by atoms with E-state index in [2.05, 4.69) is 44.8 Å². The quantitative estimate of drug-likeness (QED) is 0.475. The molecule has 0 radical (unpaired) electrons. The van der Waals surface area contributed by atoms with E-state index in [0.717, 1.165) is 44.6 Å². The third-order valence-corrected chi connectivity index (χ3v) is 5.54. The van der Waals surface area contributed by atoms with Crippen molar-refractivity contribution < 1.29 is 14.2 Å². The minimum Gasteiger partial charge on any atom is -0.497 e. The van der Waals surface area contributed by atoms with Crippen LogP contribution in [0.15, 0.2) is 53.5 Å². The zero-order valence-corrected chi connectivity index (χ0v) is 18.8. The van der Waals surface area contributed by atoms with Gasteiger partial charge in [0.1, 0.15) is 5.75 Å². The summed E-state index contributed by atoms with van der Waals surface area (Å²) in [6.07, 6.45) is 0. The van der Waals surface area contributed by atoms with Crippen LogP contribution in [0, 0.1) is 0 Å². The zero-order chi connectivity index (χ0) is 21.9. The number of rotatable bonds is 9. The molecule has 0 aromatic heterocycles. The van der Waals surface area contributed by atoms with Crippen molar-refractivity contribution in [1.82, 2.24) is 15.5 Å². The maximum Gasteiger partial charge on any atom is 0.191 e. The molecule has 0 spiro atoms. The molecule has 2 aromatic carbocycles. The summed E-state index contributed by atoms with van der Waals surface area (Å²) < 4.78 is 16.2. The lowest BCUT2D eigenvalue weighted by atomic mass is 10.0. The summed E-state index contributed by atoms with van der Waals surface area (Å²) >= 11 is 0. The maximum absolute atomic E-state index is 5.56. The largest absolute Gasteiger partial charge is 0.497 e. The number of hydrogen-bond donors (Lipinski definition) is 2. The number of ether oxygens (including phenoxy) is 3. The minimum absolute atomic E-state index is 0.217. The molecular formula is C24H34N4O3. The summed E-state index contributed by atoms with van der Waals surface area (Å²) in [7, 11) is 5.21. The average Bonchev–Trinajstić information content (AvgIpc) is 2.83. The van der Waals surface area contributed by atoms with E-state index in [4.69, 9.17) is 14.2 Å². The van der Waals surface area contributed by atoms with Crippen molar-refractivity contribution in [2.75, 3.05) is 54.1 Å². The van der Waals surface area contributed by atoms with Crippen LogP contribution in [0.4, 0.5) is 0 Å². The predicted octanol–water partition coefficient (Wildman–Crippen LogP) is 2.58. The van der Waals surface area contributed by atoms with Crippen LogP contribution in [0.3, 0.4) is 0 Å². The molecule has 0 aliphatic carbocycles. The Bertz CT molecular complexity index is 820. The van der Waals surface area contributed by atoms with Gasteiger partial charge in [0.15, 0.2) is 5.96 Å². The second kappa shape index (κ2) is 12.3. The highest BCUT2D eigenvalue weighted by molar-refractivity contribution is 5.79. The van der Waals surface area contributed by atoms with E-state index >= 15 is 0 Å². The van der Waals surface area contributed by atoms with Crippen LogP contribution >= 0.6 is 0 Å². The molecule has 0 amide bonds. The number of nitrogens with zero attached hydrogens (tertiary/aromatic N) is 2.